The molecule has 2 aromatic heterocycles. The molecule has 0 unspecified atom stereocenters. The normalized spacial score (nSPS) is 13.3. The molecule has 0 bridgehead atoms. The van der Waals surface area contributed by atoms with Crippen LogP contribution in [0.15, 0.2) is 246 Å². The molecule has 2 heterocycles. The maximum atomic E-state index is 7.62. The Balaban J connectivity index is 1.24. The number of rotatable bonds is 8. The summed E-state index contributed by atoms with van der Waals surface area (Å²) in [5, 5.41) is 4.54. The van der Waals surface area contributed by atoms with Crippen LogP contribution in [0.3, 0.4) is 0 Å². The van der Waals surface area contributed by atoms with Gasteiger partial charge in [0.05, 0.1) is 33.2 Å². The van der Waals surface area contributed by atoms with Crippen molar-refractivity contribution >= 4 is 70.8 Å². The summed E-state index contributed by atoms with van der Waals surface area (Å²) < 4.78 is 10.0. The first-order valence-electron chi connectivity index (χ1n) is 23.4. The van der Waals surface area contributed by atoms with Gasteiger partial charge in [-0.15, -0.1) is 0 Å². The van der Waals surface area contributed by atoms with Gasteiger partial charge in [-0.05, 0) is 118 Å². The minimum absolute atomic E-state index is 0.668. The summed E-state index contributed by atoms with van der Waals surface area (Å²) in [7, 11) is -1.00. The second-order valence-corrected chi connectivity index (χ2v) is 22.9. The minimum Gasteiger partial charge on any atom is -0.455 e. The van der Waals surface area contributed by atoms with E-state index in [2.05, 4.69) is 265 Å². The Morgan fingerprint density at radius 2 is 1.01 bits per heavy atom. The molecule has 13 rings (SSSR count). The fourth-order valence-electron chi connectivity index (χ4n) is 11.3. The minimum atomic E-state index is -1.00. The zero-order valence-electron chi connectivity index (χ0n) is 38.2. The molecule has 1 aliphatic carbocycles. The average Bonchev–Trinajstić information content (AvgIpc) is 4.05. The van der Waals surface area contributed by atoms with Crippen molar-refractivity contribution in [1.82, 2.24) is 4.57 Å². The van der Waals surface area contributed by atoms with Gasteiger partial charge in [-0.2, -0.15) is 0 Å². The van der Waals surface area contributed by atoms with Crippen LogP contribution in [0.25, 0.3) is 71.7 Å². The largest absolute Gasteiger partial charge is 0.455 e. The first-order chi connectivity index (χ1) is 33.4. The van der Waals surface area contributed by atoms with E-state index >= 15 is 0 Å². The van der Waals surface area contributed by atoms with E-state index in [4.69, 9.17) is 4.42 Å². The lowest BCUT2D eigenvalue weighted by molar-refractivity contribution is 0.670. The SMILES string of the molecule is CS(C)(C)c1ccc(N(c2cc3c(c4oc5c(-c6ccccc6)cccc5c24)-c2ccccc2C3(c2ccccc2)c2ccccc2)c2cccc3c2c2ccccc2n3-c2ccccc2)cc1. The molecule has 1 aliphatic rings. The van der Waals surface area contributed by atoms with E-state index in [1.807, 2.05) is 0 Å². The highest BCUT2D eigenvalue weighted by atomic mass is 32.3. The van der Waals surface area contributed by atoms with Crippen LogP contribution in [0.5, 0.6) is 0 Å². The second kappa shape index (κ2) is 15.5. The Labute approximate surface area is 398 Å². The number of hydrogen-bond acceptors (Lipinski definition) is 2. The van der Waals surface area contributed by atoms with Crippen molar-refractivity contribution in [3.63, 3.8) is 0 Å². The highest BCUT2D eigenvalue weighted by molar-refractivity contribution is 8.32. The third-order valence-corrected chi connectivity index (χ3v) is 15.9. The molecule has 10 aromatic carbocycles. The van der Waals surface area contributed by atoms with Crippen molar-refractivity contribution in [2.75, 3.05) is 23.7 Å². The molecule has 3 nitrogen and oxygen atoms in total. The number of nitrogens with zero attached hydrogens (tertiary/aromatic N) is 2. The number of aromatic nitrogens is 1. The molecule has 68 heavy (non-hydrogen) atoms. The van der Waals surface area contributed by atoms with Crippen LogP contribution in [0.4, 0.5) is 17.1 Å². The van der Waals surface area contributed by atoms with Crippen LogP contribution in [0, 0.1) is 0 Å². The molecule has 0 amide bonds. The smallest absolute Gasteiger partial charge is 0.145 e. The van der Waals surface area contributed by atoms with Gasteiger partial charge in [-0.1, -0.05) is 176 Å². The van der Waals surface area contributed by atoms with Gasteiger partial charge >= 0.3 is 0 Å². The number of fused-ring (bicyclic) bond motifs is 10. The van der Waals surface area contributed by atoms with Gasteiger partial charge in [-0.3, -0.25) is 0 Å². The molecule has 326 valence electrons. The van der Waals surface area contributed by atoms with Gasteiger partial charge in [0.25, 0.3) is 0 Å². The molecule has 0 spiro atoms. The Kier molecular flexibility index (Phi) is 9.18. The Morgan fingerprint density at radius 3 is 1.72 bits per heavy atom. The van der Waals surface area contributed by atoms with Gasteiger partial charge in [0, 0.05) is 38.7 Å². The van der Waals surface area contributed by atoms with Crippen LogP contribution in [-0.4, -0.2) is 23.3 Å². The Bertz CT molecular complexity index is 3830. The van der Waals surface area contributed by atoms with Crippen molar-refractivity contribution in [2.24, 2.45) is 0 Å². The quantitative estimate of drug-likeness (QED) is 0.152. The number of hydrogen-bond donors (Lipinski definition) is 0. The molecule has 0 saturated heterocycles. The summed E-state index contributed by atoms with van der Waals surface area (Å²) in [5.74, 6) is 0. The van der Waals surface area contributed by atoms with Crippen LogP contribution >= 0.6 is 10.0 Å². The van der Waals surface area contributed by atoms with Gasteiger partial charge in [-0.25, -0.2) is 10.0 Å². The first-order valence-corrected chi connectivity index (χ1v) is 26.2. The second-order valence-electron chi connectivity index (χ2n) is 18.7. The van der Waals surface area contributed by atoms with Crippen molar-refractivity contribution in [2.45, 2.75) is 10.3 Å². The van der Waals surface area contributed by atoms with E-state index in [0.29, 0.717) is 0 Å². The molecular weight excluding hydrogens is 845 g/mol. The zero-order valence-corrected chi connectivity index (χ0v) is 39.0. The summed E-state index contributed by atoms with van der Waals surface area (Å²) in [6.07, 6.45) is 7.11. The van der Waals surface area contributed by atoms with E-state index in [-0.39, 0.29) is 0 Å². The van der Waals surface area contributed by atoms with Gasteiger partial charge in [0.2, 0.25) is 0 Å². The van der Waals surface area contributed by atoms with E-state index in [9.17, 15) is 0 Å². The van der Waals surface area contributed by atoms with Crippen LogP contribution in [0.1, 0.15) is 22.3 Å². The van der Waals surface area contributed by atoms with Crippen molar-refractivity contribution < 1.29 is 4.42 Å². The highest BCUT2D eigenvalue weighted by Gasteiger charge is 2.48. The summed E-state index contributed by atoms with van der Waals surface area (Å²) in [5.41, 5.74) is 17.1. The number of furan rings is 1. The number of benzene rings is 10. The molecule has 12 aromatic rings. The Morgan fingerprint density at radius 1 is 0.441 bits per heavy atom. The summed E-state index contributed by atoms with van der Waals surface area (Å²) >= 11 is 0. The fourth-order valence-corrected chi connectivity index (χ4v) is 12.3. The van der Waals surface area contributed by atoms with Crippen LogP contribution < -0.4 is 4.90 Å². The lowest BCUT2D eigenvalue weighted by Gasteiger charge is -2.35. The molecule has 0 fully saturated rings. The standard InChI is InChI=1S/C64H48N2OS/c1-68(2,3)48-40-38-47(39-41-48)66(57-37-21-36-56-60(57)51-31-17-19-35-55(51)65(56)46-28-14-7-15-29-46)58-42-54-59(63-61(58)52-33-20-32-49(62(52)67-63)43-22-8-4-9-23-43)50-30-16-18-34-53(50)64(54,44-24-10-5-11-25-44)45-26-12-6-13-27-45/h4-42H,1-3H3. The molecule has 0 N–H and O–H groups in total. The van der Waals surface area contributed by atoms with Crippen LogP contribution in [-0.2, 0) is 5.41 Å². The summed E-state index contributed by atoms with van der Waals surface area (Å²) in [6.45, 7) is 0. The zero-order chi connectivity index (χ0) is 45.6. The van der Waals surface area contributed by atoms with Gasteiger partial charge < -0.3 is 13.9 Å². The monoisotopic (exact) mass is 892 g/mol. The molecule has 4 heteroatoms. The maximum absolute atomic E-state index is 7.62. The van der Waals surface area contributed by atoms with E-state index in [1.54, 1.807) is 0 Å². The van der Waals surface area contributed by atoms with Crippen molar-refractivity contribution in [3.8, 4) is 27.9 Å². The fraction of sp³-hybridized carbons (Fsp3) is 0.0625. The van der Waals surface area contributed by atoms with Gasteiger partial charge in [0.15, 0.2) is 0 Å². The van der Waals surface area contributed by atoms with Crippen molar-refractivity contribution in [3.05, 3.63) is 259 Å². The number of anilines is 3. The first kappa shape index (κ1) is 40.2. The average molecular weight is 893 g/mol. The van der Waals surface area contributed by atoms with Crippen molar-refractivity contribution in [1.29, 1.82) is 0 Å². The topological polar surface area (TPSA) is 21.3 Å². The van der Waals surface area contributed by atoms with Gasteiger partial charge in [0.1, 0.15) is 11.2 Å². The third kappa shape index (κ3) is 5.94. The van der Waals surface area contributed by atoms with E-state index in [0.717, 1.165) is 72.4 Å². The lowest BCUT2D eigenvalue weighted by atomic mass is 9.67. The molecule has 0 atom stereocenters. The lowest BCUT2D eigenvalue weighted by Crippen LogP contribution is -2.28. The number of para-hydroxylation sites is 3. The maximum Gasteiger partial charge on any atom is 0.145 e. The van der Waals surface area contributed by atoms with E-state index in [1.165, 1.54) is 43.5 Å². The predicted molar refractivity (Wildman–Crippen MR) is 289 cm³/mol. The van der Waals surface area contributed by atoms with Crippen LogP contribution in [0.2, 0.25) is 0 Å². The molecule has 0 radical (unpaired) electrons. The summed E-state index contributed by atoms with van der Waals surface area (Å²) in [6, 6.07) is 86.9. The molecular formula is C64H48N2OS. The molecule has 0 saturated carbocycles. The third-order valence-electron chi connectivity index (χ3n) is 14.2. The Hall–Kier alpha value is -8.05. The predicted octanol–water partition coefficient (Wildman–Crippen LogP) is 17.2. The molecule has 0 aliphatic heterocycles. The highest BCUT2D eigenvalue weighted by Crippen LogP contribution is 2.61. The summed E-state index contributed by atoms with van der Waals surface area (Å²) in [4.78, 5) is 3.91. The van der Waals surface area contributed by atoms with E-state index < -0.39 is 15.4 Å².